The lowest BCUT2D eigenvalue weighted by Crippen LogP contribution is -2.53. The largest absolute Gasteiger partial charge is 0.381 e. The van der Waals surface area contributed by atoms with Crippen molar-refractivity contribution in [1.82, 2.24) is 15.0 Å². The molecule has 0 aromatic carbocycles. The van der Waals surface area contributed by atoms with E-state index in [0.29, 0.717) is 17.5 Å². The van der Waals surface area contributed by atoms with Gasteiger partial charge in [-0.25, -0.2) is 0 Å². The van der Waals surface area contributed by atoms with Crippen LogP contribution >= 0.6 is 0 Å². The van der Waals surface area contributed by atoms with Crippen molar-refractivity contribution in [2.24, 2.45) is 11.8 Å². The molecule has 5 rings (SSSR count). The Morgan fingerprint density at radius 3 is 2.84 bits per heavy atom. The Balaban J connectivity index is 1.33. The molecule has 25 heavy (non-hydrogen) atoms. The Hall–Kier alpha value is -1.40. The molecule has 1 aromatic rings. The van der Waals surface area contributed by atoms with Gasteiger partial charge in [-0.3, -0.25) is 4.79 Å². The van der Waals surface area contributed by atoms with Gasteiger partial charge in [0.1, 0.15) is 5.76 Å². The molecule has 1 aromatic heterocycles. The van der Waals surface area contributed by atoms with E-state index in [0.717, 1.165) is 50.6 Å². The number of carbonyl (C=O) groups is 1. The molecule has 6 nitrogen and oxygen atoms in total. The Labute approximate surface area is 148 Å². The maximum Gasteiger partial charge on any atom is 0.276 e. The number of piperidine rings is 1. The van der Waals surface area contributed by atoms with E-state index in [9.17, 15) is 4.79 Å². The summed E-state index contributed by atoms with van der Waals surface area (Å²) >= 11 is 0. The van der Waals surface area contributed by atoms with Crippen molar-refractivity contribution in [1.29, 1.82) is 0 Å². The summed E-state index contributed by atoms with van der Waals surface area (Å²) in [5.74, 6) is 2.70. The minimum Gasteiger partial charge on any atom is -0.381 e. The van der Waals surface area contributed by atoms with E-state index in [2.05, 4.69) is 10.1 Å². The van der Waals surface area contributed by atoms with Crippen molar-refractivity contribution < 1.29 is 14.1 Å². The third-order valence-electron chi connectivity index (χ3n) is 6.45. The predicted octanol–water partition coefficient (Wildman–Crippen LogP) is 2.12. The van der Waals surface area contributed by atoms with Crippen LogP contribution in [0.1, 0.15) is 54.3 Å². The first-order valence-corrected chi connectivity index (χ1v) is 9.75. The fraction of sp³-hybridized carbons (Fsp3) is 0.789. The Morgan fingerprint density at radius 2 is 2.12 bits per heavy atom. The summed E-state index contributed by atoms with van der Waals surface area (Å²) in [7, 11) is 1.81. The zero-order chi connectivity index (χ0) is 17.0. The number of fused-ring (bicyclic) bond motifs is 1. The first-order chi connectivity index (χ1) is 12.2. The molecule has 2 saturated heterocycles. The Morgan fingerprint density at radius 1 is 1.28 bits per heavy atom. The number of ether oxygens (including phenoxy) is 1. The standard InChI is InChI=1S/C19H27N3O3/c1-24-17-6-7-22(16-11-21(10-14(16)17)9-12-2-3-12)19(23)15-8-18(25-20-15)13-4-5-13/h8,12-14,16-17H,2-7,9-11H2,1H3/t14-,16+,17+/m0/s1. The fourth-order valence-corrected chi connectivity index (χ4v) is 4.69. The topological polar surface area (TPSA) is 58.8 Å². The van der Waals surface area contributed by atoms with Gasteiger partial charge in [0.05, 0.1) is 12.1 Å². The second-order valence-corrected chi connectivity index (χ2v) is 8.34. The maximum atomic E-state index is 13.1. The van der Waals surface area contributed by atoms with Crippen LogP contribution in [-0.2, 0) is 4.74 Å². The van der Waals surface area contributed by atoms with Crippen LogP contribution in [0.15, 0.2) is 10.6 Å². The van der Waals surface area contributed by atoms with Gasteiger partial charge in [0.25, 0.3) is 5.91 Å². The highest BCUT2D eigenvalue weighted by Gasteiger charge is 2.47. The Kier molecular flexibility index (Phi) is 3.86. The van der Waals surface area contributed by atoms with Crippen LogP contribution in [0, 0.1) is 11.8 Å². The zero-order valence-electron chi connectivity index (χ0n) is 14.9. The van der Waals surface area contributed by atoms with Crippen molar-refractivity contribution in [3.05, 3.63) is 17.5 Å². The van der Waals surface area contributed by atoms with E-state index in [-0.39, 0.29) is 18.1 Å². The van der Waals surface area contributed by atoms with Crippen molar-refractivity contribution in [3.8, 4) is 0 Å². The number of nitrogens with zero attached hydrogens (tertiary/aromatic N) is 3. The van der Waals surface area contributed by atoms with Crippen LogP contribution in [0.2, 0.25) is 0 Å². The van der Waals surface area contributed by atoms with Gasteiger partial charge in [-0.15, -0.1) is 0 Å². The number of hydrogen-bond acceptors (Lipinski definition) is 5. The van der Waals surface area contributed by atoms with E-state index in [1.54, 1.807) is 0 Å². The van der Waals surface area contributed by atoms with Crippen LogP contribution in [0.5, 0.6) is 0 Å². The fourth-order valence-electron chi connectivity index (χ4n) is 4.69. The Bertz CT molecular complexity index is 652. The van der Waals surface area contributed by atoms with Crippen molar-refractivity contribution in [3.63, 3.8) is 0 Å². The van der Waals surface area contributed by atoms with E-state index < -0.39 is 0 Å². The average molecular weight is 345 g/mol. The van der Waals surface area contributed by atoms with Crippen LogP contribution in [0.3, 0.4) is 0 Å². The second-order valence-electron chi connectivity index (χ2n) is 8.34. The van der Waals surface area contributed by atoms with Crippen molar-refractivity contribution in [2.75, 3.05) is 33.3 Å². The summed E-state index contributed by atoms with van der Waals surface area (Å²) in [5.41, 5.74) is 0.483. The number of carbonyl (C=O) groups excluding carboxylic acids is 1. The SMILES string of the molecule is CO[C@@H]1CCN(C(=O)c2cc(C3CC3)on2)[C@@H]2CN(CC3CC3)C[C@@H]21. The molecule has 0 bridgehead atoms. The van der Waals surface area contributed by atoms with Gasteiger partial charge in [-0.05, 0) is 38.0 Å². The number of rotatable bonds is 5. The third kappa shape index (κ3) is 2.99. The molecule has 2 saturated carbocycles. The molecule has 6 heteroatoms. The third-order valence-corrected chi connectivity index (χ3v) is 6.45. The molecule has 4 fully saturated rings. The molecule has 1 amide bonds. The summed E-state index contributed by atoms with van der Waals surface area (Å²) in [6, 6.07) is 2.11. The van der Waals surface area contributed by atoms with E-state index in [1.807, 2.05) is 18.1 Å². The van der Waals surface area contributed by atoms with Crippen LogP contribution in [0.4, 0.5) is 0 Å². The van der Waals surface area contributed by atoms with Gasteiger partial charge in [0.2, 0.25) is 0 Å². The molecule has 136 valence electrons. The summed E-state index contributed by atoms with van der Waals surface area (Å²) in [6.45, 7) is 3.96. The lowest BCUT2D eigenvalue weighted by atomic mass is 9.88. The highest BCUT2D eigenvalue weighted by molar-refractivity contribution is 5.92. The molecule has 0 spiro atoms. The molecule has 3 atom stereocenters. The van der Waals surface area contributed by atoms with E-state index in [4.69, 9.17) is 9.26 Å². The maximum absolute atomic E-state index is 13.1. The molecule has 2 aliphatic carbocycles. The predicted molar refractivity (Wildman–Crippen MR) is 91.4 cm³/mol. The number of hydrogen-bond donors (Lipinski definition) is 0. The van der Waals surface area contributed by atoms with Gasteiger partial charge in [-0.1, -0.05) is 5.16 Å². The number of likely N-dealkylation sites (tertiary alicyclic amines) is 2. The monoisotopic (exact) mass is 345 g/mol. The van der Waals surface area contributed by atoms with Gasteiger partial charge in [-0.2, -0.15) is 0 Å². The molecular weight excluding hydrogens is 318 g/mol. The number of methoxy groups -OCH3 is 1. The second kappa shape index (κ2) is 6.09. The van der Waals surface area contributed by atoms with Gasteiger partial charge in [0.15, 0.2) is 5.69 Å². The van der Waals surface area contributed by atoms with Gasteiger partial charge < -0.3 is 19.1 Å². The van der Waals surface area contributed by atoms with Crippen LogP contribution in [-0.4, -0.2) is 66.3 Å². The molecule has 2 aliphatic heterocycles. The molecule has 0 N–H and O–H groups in total. The van der Waals surface area contributed by atoms with E-state index in [1.165, 1.54) is 19.4 Å². The average Bonchev–Trinajstić information content (AvgIpc) is 3.54. The normalized spacial score (nSPS) is 32.8. The smallest absolute Gasteiger partial charge is 0.276 e. The van der Waals surface area contributed by atoms with Gasteiger partial charge >= 0.3 is 0 Å². The van der Waals surface area contributed by atoms with Crippen LogP contribution in [0.25, 0.3) is 0 Å². The van der Waals surface area contributed by atoms with Crippen molar-refractivity contribution in [2.45, 2.75) is 50.2 Å². The lowest BCUT2D eigenvalue weighted by Gasteiger charge is -2.40. The highest BCUT2D eigenvalue weighted by atomic mass is 16.5. The summed E-state index contributed by atoms with van der Waals surface area (Å²) in [6.07, 6.45) is 6.22. The number of aromatic nitrogens is 1. The van der Waals surface area contributed by atoms with E-state index >= 15 is 0 Å². The molecular formula is C19H27N3O3. The summed E-state index contributed by atoms with van der Waals surface area (Å²) in [4.78, 5) is 17.7. The zero-order valence-corrected chi connectivity index (χ0v) is 14.9. The molecule has 0 unspecified atom stereocenters. The summed E-state index contributed by atoms with van der Waals surface area (Å²) < 4.78 is 11.2. The minimum atomic E-state index is 0.0356. The molecule has 4 aliphatic rings. The van der Waals surface area contributed by atoms with Gasteiger partial charge in [0, 0.05) is 51.2 Å². The minimum absolute atomic E-state index is 0.0356. The molecule has 0 radical (unpaired) electrons. The highest BCUT2D eigenvalue weighted by Crippen LogP contribution is 2.41. The summed E-state index contributed by atoms with van der Waals surface area (Å²) in [5, 5.41) is 4.07. The number of amides is 1. The quantitative estimate of drug-likeness (QED) is 0.818. The van der Waals surface area contributed by atoms with Crippen LogP contribution < -0.4 is 0 Å². The molecule has 3 heterocycles. The van der Waals surface area contributed by atoms with Crippen molar-refractivity contribution >= 4 is 5.91 Å². The first kappa shape index (κ1) is 15.8. The lowest BCUT2D eigenvalue weighted by molar-refractivity contribution is -0.0159. The first-order valence-electron chi connectivity index (χ1n) is 9.75.